The fourth-order valence-electron chi connectivity index (χ4n) is 1.25. The van der Waals surface area contributed by atoms with Gasteiger partial charge in [0.1, 0.15) is 11.3 Å². The molecule has 0 bridgehead atoms. The number of carboxylic acid groups (broad SMARTS) is 1. The third kappa shape index (κ3) is 4.84. The monoisotopic (exact) mass is 286 g/mol. The zero-order valence-corrected chi connectivity index (χ0v) is 10.4. The molecule has 0 aliphatic carbocycles. The summed E-state index contributed by atoms with van der Waals surface area (Å²) in [6.45, 7) is -0.0962. The molecule has 102 valence electrons. The average Bonchev–Trinajstić information content (AvgIpc) is 2.29. The Kier molecular flexibility index (Phi) is 5.13. The van der Waals surface area contributed by atoms with Gasteiger partial charge in [0.15, 0.2) is 0 Å². The highest BCUT2D eigenvalue weighted by Gasteiger charge is 2.12. The summed E-state index contributed by atoms with van der Waals surface area (Å²) in [5, 5.41) is 11.1. The molecule has 0 unspecified atom stereocenters. The Morgan fingerprint density at radius 3 is 2.63 bits per heavy atom. The molecule has 0 heterocycles. The fourth-order valence-corrected chi connectivity index (χ4v) is 1.42. The largest absolute Gasteiger partial charge is 0.492 e. The number of carboxylic acids is 1. The highest BCUT2D eigenvalue weighted by molar-refractivity contribution is 6.31. The number of amides is 3. The predicted molar refractivity (Wildman–Crippen MR) is 66.2 cm³/mol. The van der Waals surface area contributed by atoms with Gasteiger partial charge in [-0.1, -0.05) is 11.6 Å². The lowest BCUT2D eigenvalue weighted by Crippen LogP contribution is -2.35. The van der Waals surface area contributed by atoms with Crippen LogP contribution in [0.2, 0.25) is 5.02 Å². The van der Waals surface area contributed by atoms with E-state index in [0.29, 0.717) is 0 Å². The number of hydrogen-bond donors (Lipinski definition) is 3. The molecule has 19 heavy (non-hydrogen) atoms. The third-order valence-electron chi connectivity index (χ3n) is 2.02. The van der Waals surface area contributed by atoms with Gasteiger partial charge in [-0.15, -0.1) is 0 Å². The number of imide groups is 1. The maximum atomic E-state index is 11.1. The number of primary amides is 1. The van der Waals surface area contributed by atoms with E-state index in [1.165, 1.54) is 18.2 Å². The van der Waals surface area contributed by atoms with Crippen molar-refractivity contribution in [1.82, 2.24) is 5.32 Å². The number of carbonyl (C=O) groups excluding carboxylic acids is 2. The first-order chi connectivity index (χ1) is 8.90. The Hall–Kier alpha value is -2.28. The molecule has 4 N–H and O–H groups in total. The van der Waals surface area contributed by atoms with Crippen LogP contribution in [0, 0.1) is 0 Å². The normalized spacial score (nSPS) is 9.74. The van der Waals surface area contributed by atoms with Crippen LogP contribution in [0.5, 0.6) is 5.75 Å². The minimum absolute atomic E-state index is 0.0868. The van der Waals surface area contributed by atoms with Crippen LogP contribution in [0.1, 0.15) is 16.8 Å². The molecule has 1 rings (SSSR count). The van der Waals surface area contributed by atoms with E-state index in [1.807, 2.05) is 5.32 Å². The second-order valence-electron chi connectivity index (χ2n) is 3.46. The summed E-state index contributed by atoms with van der Waals surface area (Å²) in [6.07, 6.45) is -0.134. The van der Waals surface area contributed by atoms with Crippen molar-refractivity contribution in [2.75, 3.05) is 6.61 Å². The molecule has 0 saturated carbocycles. The molecule has 1 aromatic rings. The van der Waals surface area contributed by atoms with E-state index in [-0.39, 0.29) is 29.4 Å². The lowest BCUT2D eigenvalue weighted by Gasteiger charge is -2.09. The van der Waals surface area contributed by atoms with Gasteiger partial charge >= 0.3 is 12.0 Å². The Bertz CT molecular complexity index is 518. The van der Waals surface area contributed by atoms with Crippen LogP contribution in [-0.4, -0.2) is 29.6 Å². The van der Waals surface area contributed by atoms with Gasteiger partial charge in [0.2, 0.25) is 5.91 Å². The first-order valence-electron chi connectivity index (χ1n) is 5.15. The van der Waals surface area contributed by atoms with E-state index in [0.717, 1.165) is 0 Å². The van der Waals surface area contributed by atoms with Gasteiger partial charge in [0, 0.05) is 5.02 Å². The number of urea groups is 1. The smallest absolute Gasteiger partial charge is 0.339 e. The average molecular weight is 287 g/mol. The molecule has 0 radical (unpaired) electrons. The Morgan fingerprint density at radius 2 is 2.05 bits per heavy atom. The van der Waals surface area contributed by atoms with E-state index in [2.05, 4.69) is 0 Å². The minimum atomic E-state index is -1.20. The van der Waals surface area contributed by atoms with Gasteiger partial charge in [-0.05, 0) is 18.2 Å². The van der Waals surface area contributed by atoms with Crippen LogP contribution >= 0.6 is 11.6 Å². The fraction of sp³-hybridized carbons (Fsp3) is 0.182. The maximum Gasteiger partial charge on any atom is 0.339 e. The molecule has 7 nitrogen and oxygen atoms in total. The van der Waals surface area contributed by atoms with E-state index in [9.17, 15) is 14.4 Å². The highest BCUT2D eigenvalue weighted by atomic mass is 35.5. The van der Waals surface area contributed by atoms with E-state index in [1.54, 1.807) is 0 Å². The van der Waals surface area contributed by atoms with E-state index >= 15 is 0 Å². The van der Waals surface area contributed by atoms with Crippen molar-refractivity contribution in [3.63, 3.8) is 0 Å². The van der Waals surface area contributed by atoms with Crippen LogP contribution in [0.15, 0.2) is 18.2 Å². The van der Waals surface area contributed by atoms with Crippen LogP contribution in [0.25, 0.3) is 0 Å². The topological polar surface area (TPSA) is 119 Å². The summed E-state index contributed by atoms with van der Waals surface area (Å²) in [5.74, 6) is -1.72. The lowest BCUT2D eigenvalue weighted by atomic mass is 10.2. The molecule has 0 aromatic heterocycles. The Labute approximate surface area is 113 Å². The van der Waals surface area contributed by atoms with Gasteiger partial charge < -0.3 is 15.6 Å². The molecule has 1 aromatic carbocycles. The molecule has 0 aliphatic heterocycles. The first-order valence-corrected chi connectivity index (χ1v) is 5.53. The molecule has 0 saturated heterocycles. The quantitative estimate of drug-likeness (QED) is 0.746. The summed E-state index contributed by atoms with van der Waals surface area (Å²) >= 11 is 5.67. The number of nitrogens with two attached hydrogens (primary N) is 1. The number of carbonyl (C=O) groups is 3. The van der Waals surface area contributed by atoms with Crippen molar-refractivity contribution in [1.29, 1.82) is 0 Å². The van der Waals surface area contributed by atoms with Gasteiger partial charge in [-0.3, -0.25) is 10.1 Å². The summed E-state index contributed by atoms with van der Waals surface area (Å²) in [4.78, 5) is 32.4. The molecule has 0 spiro atoms. The van der Waals surface area contributed by atoms with Gasteiger partial charge in [0.25, 0.3) is 0 Å². The molecule has 3 amide bonds. The van der Waals surface area contributed by atoms with E-state index < -0.39 is 17.9 Å². The molecule has 8 heteroatoms. The second kappa shape index (κ2) is 6.60. The SMILES string of the molecule is NC(=O)NC(=O)CCOc1ccc(Cl)cc1C(=O)O. The molecule has 0 atom stereocenters. The van der Waals surface area contributed by atoms with Crippen molar-refractivity contribution < 1.29 is 24.2 Å². The molecular formula is C11H11ClN2O5. The number of hydrogen-bond acceptors (Lipinski definition) is 4. The number of rotatable bonds is 5. The van der Waals surface area contributed by atoms with Crippen LogP contribution in [-0.2, 0) is 4.79 Å². The molecular weight excluding hydrogens is 276 g/mol. The number of halogens is 1. The van der Waals surface area contributed by atoms with Crippen molar-refractivity contribution in [3.05, 3.63) is 28.8 Å². The van der Waals surface area contributed by atoms with E-state index in [4.69, 9.17) is 27.2 Å². The number of aromatic carboxylic acids is 1. The third-order valence-corrected chi connectivity index (χ3v) is 2.26. The minimum Gasteiger partial charge on any atom is -0.492 e. The second-order valence-corrected chi connectivity index (χ2v) is 3.89. The zero-order valence-electron chi connectivity index (χ0n) is 9.68. The van der Waals surface area contributed by atoms with Crippen LogP contribution in [0.3, 0.4) is 0 Å². The van der Waals surface area contributed by atoms with Crippen LogP contribution < -0.4 is 15.8 Å². The summed E-state index contributed by atoms with van der Waals surface area (Å²) in [7, 11) is 0. The van der Waals surface area contributed by atoms with Crippen LogP contribution in [0.4, 0.5) is 4.79 Å². The number of ether oxygens (including phenoxy) is 1. The number of benzene rings is 1. The van der Waals surface area contributed by atoms with Crippen molar-refractivity contribution in [2.45, 2.75) is 6.42 Å². The Balaban J connectivity index is 2.61. The lowest BCUT2D eigenvalue weighted by molar-refractivity contribution is -0.120. The predicted octanol–water partition coefficient (Wildman–Crippen LogP) is 1.00. The maximum absolute atomic E-state index is 11.1. The number of nitrogens with one attached hydrogen (secondary N) is 1. The Morgan fingerprint density at radius 1 is 1.37 bits per heavy atom. The summed E-state index contributed by atoms with van der Waals surface area (Å²) in [5.41, 5.74) is 4.64. The molecule has 0 aliphatic rings. The zero-order chi connectivity index (χ0) is 14.4. The van der Waals surface area contributed by atoms with Crippen molar-refractivity contribution >= 4 is 29.5 Å². The summed E-state index contributed by atoms with van der Waals surface area (Å²) in [6, 6.07) is 3.13. The molecule has 0 fully saturated rings. The van der Waals surface area contributed by atoms with Gasteiger partial charge in [0.05, 0.1) is 13.0 Å². The van der Waals surface area contributed by atoms with Crippen molar-refractivity contribution in [2.24, 2.45) is 5.73 Å². The van der Waals surface area contributed by atoms with Crippen molar-refractivity contribution in [3.8, 4) is 5.75 Å². The van der Waals surface area contributed by atoms with Gasteiger partial charge in [-0.25, -0.2) is 9.59 Å². The summed E-state index contributed by atoms with van der Waals surface area (Å²) < 4.78 is 5.15. The first kappa shape index (κ1) is 14.8. The standard InChI is InChI=1S/C11H11ClN2O5/c12-6-1-2-8(7(5-6)10(16)17)19-4-3-9(15)14-11(13)18/h1-2,5H,3-4H2,(H,16,17)(H3,13,14,15,18). The van der Waals surface area contributed by atoms with Gasteiger partial charge in [-0.2, -0.15) is 0 Å². The highest BCUT2D eigenvalue weighted by Crippen LogP contribution is 2.23.